The van der Waals surface area contributed by atoms with E-state index in [1.54, 1.807) is 7.11 Å². The normalized spacial score (nSPS) is 7.54. The van der Waals surface area contributed by atoms with E-state index in [1.165, 1.54) is 20.5 Å². The van der Waals surface area contributed by atoms with Gasteiger partial charge in [0, 0.05) is 20.8 Å². The molecule has 0 aromatic carbocycles. The van der Waals surface area contributed by atoms with Gasteiger partial charge in [0.05, 0.1) is 0 Å². The third-order valence-electron chi connectivity index (χ3n) is 0.636. The van der Waals surface area contributed by atoms with Gasteiger partial charge in [-0.15, -0.1) is 0 Å². The SMILES string of the molecule is CCC.CCOC.COCC(C)=O. The molecule has 82 valence electrons. The largest absolute Gasteiger partial charge is 0.385 e. The first-order valence-electron chi connectivity index (χ1n) is 4.57. The molecular weight excluding hydrogens is 168 g/mol. The molecule has 0 aliphatic rings. The summed E-state index contributed by atoms with van der Waals surface area (Å²) in [5.41, 5.74) is 0. The van der Waals surface area contributed by atoms with Crippen LogP contribution < -0.4 is 0 Å². The summed E-state index contributed by atoms with van der Waals surface area (Å²) in [6, 6.07) is 0. The van der Waals surface area contributed by atoms with Crippen molar-refractivity contribution in [2.45, 2.75) is 34.1 Å². The van der Waals surface area contributed by atoms with Crippen LogP contribution in [0.3, 0.4) is 0 Å². The van der Waals surface area contributed by atoms with Gasteiger partial charge in [0.15, 0.2) is 5.78 Å². The van der Waals surface area contributed by atoms with Crippen LogP contribution in [-0.2, 0) is 14.3 Å². The average molecular weight is 192 g/mol. The Hall–Kier alpha value is -0.410. The van der Waals surface area contributed by atoms with E-state index in [4.69, 9.17) is 0 Å². The van der Waals surface area contributed by atoms with E-state index in [0.717, 1.165) is 6.61 Å². The van der Waals surface area contributed by atoms with E-state index < -0.39 is 0 Å². The summed E-state index contributed by atoms with van der Waals surface area (Å²) in [5, 5.41) is 0. The summed E-state index contributed by atoms with van der Waals surface area (Å²) >= 11 is 0. The van der Waals surface area contributed by atoms with Crippen LogP contribution in [0.25, 0.3) is 0 Å². The van der Waals surface area contributed by atoms with Crippen molar-refractivity contribution >= 4 is 5.78 Å². The highest BCUT2D eigenvalue weighted by Gasteiger charge is 1.83. The minimum absolute atomic E-state index is 0.0671. The van der Waals surface area contributed by atoms with Gasteiger partial charge in [-0.3, -0.25) is 4.79 Å². The molecule has 0 radical (unpaired) electrons. The lowest BCUT2D eigenvalue weighted by Crippen LogP contribution is -1.98. The third kappa shape index (κ3) is 82.7. The molecule has 13 heavy (non-hydrogen) atoms. The molecular formula is C10H24O3. The Kier molecular flexibility index (Phi) is 31.9. The van der Waals surface area contributed by atoms with Gasteiger partial charge in [0.25, 0.3) is 0 Å². The van der Waals surface area contributed by atoms with E-state index in [-0.39, 0.29) is 12.4 Å². The van der Waals surface area contributed by atoms with Gasteiger partial charge < -0.3 is 9.47 Å². The number of hydrogen-bond acceptors (Lipinski definition) is 3. The van der Waals surface area contributed by atoms with Crippen LogP contribution >= 0.6 is 0 Å². The maximum Gasteiger partial charge on any atom is 0.155 e. The molecule has 0 saturated heterocycles. The zero-order valence-corrected chi connectivity index (χ0v) is 9.85. The molecule has 0 fully saturated rings. The summed E-state index contributed by atoms with van der Waals surface area (Å²) in [6.45, 7) is 8.75. The zero-order chi connectivity index (χ0) is 11.1. The first kappa shape index (κ1) is 18.4. The van der Waals surface area contributed by atoms with E-state index >= 15 is 0 Å². The van der Waals surface area contributed by atoms with Crippen molar-refractivity contribution in [3.05, 3.63) is 0 Å². The van der Waals surface area contributed by atoms with Crippen LogP contribution in [0.5, 0.6) is 0 Å². The molecule has 0 bridgehead atoms. The molecule has 0 aliphatic carbocycles. The number of Topliss-reactive ketones (excluding diaryl/α,β-unsaturated/α-hetero) is 1. The topological polar surface area (TPSA) is 35.5 Å². The minimum atomic E-state index is 0.0671. The maximum absolute atomic E-state index is 9.92. The smallest absolute Gasteiger partial charge is 0.155 e. The van der Waals surface area contributed by atoms with Crippen LogP contribution in [0.2, 0.25) is 0 Å². The van der Waals surface area contributed by atoms with E-state index in [1.807, 2.05) is 6.92 Å². The fourth-order valence-electron chi connectivity index (χ4n) is 0.203. The molecule has 0 rings (SSSR count). The molecule has 0 aromatic rings. The second kappa shape index (κ2) is 22.6. The molecule has 0 aliphatic heterocycles. The lowest BCUT2D eigenvalue weighted by atomic mass is 10.5. The van der Waals surface area contributed by atoms with E-state index in [0.29, 0.717) is 0 Å². The van der Waals surface area contributed by atoms with Crippen molar-refractivity contribution in [1.82, 2.24) is 0 Å². The summed E-state index contributed by atoms with van der Waals surface area (Å²) in [4.78, 5) is 9.92. The second-order valence-corrected chi connectivity index (χ2v) is 2.42. The van der Waals surface area contributed by atoms with Gasteiger partial charge in [0.1, 0.15) is 6.61 Å². The molecule has 0 atom stereocenters. The fourth-order valence-corrected chi connectivity index (χ4v) is 0.203. The van der Waals surface area contributed by atoms with Crippen LogP contribution in [0, 0.1) is 0 Å². The molecule has 0 heterocycles. The zero-order valence-electron chi connectivity index (χ0n) is 9.85. The number of hydrogen-bond donors (Lipinski definition) is 0. The molecule has 0 aromatic heterocycles. The third-order valence-corrected chi connectivity index (χ3v) is 0.636. The molecule has 0 unspecified atom stereocenters. The maximum atomic E-state index is 9.92. The fraction of sp³-hybridized carbons (Fsp3) is 0.900. The van der Waals surface area contributed by atoms with Crippen molar-refractivity contribution in [2.75, 3.05) is 27.4 Å². The summed E-state index contributed by atoms with van der Waals surface area (Å²) < 4.78 is 9.00. The van der Waals surface area contributed by atoms with Crippen molar-refractivity contribution < 1.29 is 14.3 Å². The Morgan fingerprint density at radius 2 is 1.38 bits per heavy atom. The Labute approximate surface area is 82.4 Å². The predicted octanol–water partition coefficient (Wildman–Crippen LogP) is 2.29. The van der Waals surface area contributed by atoms with Crippen molar-refractivity contribution in [3.63, 3.8) is 0 Å². The summed E-state index contributed by atoms with van der Waals surface area (Å²) in [5.74, 6) is 0.0671. The Morgan fingerprint density at radius 3 is 1.38 bits per heavy atom. The number of rotatable bonds is 3. The number of carbonyl (C=O) groups excluding carboxylic acids is 1. The van der Waals surface area contributed by atoms with Crippen LogP contribution in [-0.4, -0.2) is 33.2 Å². The van der Waals surface area contributed by atoms with Gasteiger partial charge in [-0.25, -0.2) is 0 Å². The highest BCUT2D eigenvalue weighted by molar-refractivity contribution is 5.76. The Bertz CT molecular complexity index is 80.2. The van der Waals surface area contributed by atoms with Crippen molar-refractivity contribution in [1.29, 1.82) is 0 Å². The average Bonchev–Trinajstić information content (AvgIpc) is 2.06. The molecule has 0 N–H and O–H groups in total. The first-order chi connectivity index (χ1) is 6.10. The van der Waals surface area contributed by atoms with Crippen LogP contribution in [0.15, 0.2) is 0 Å². The monoisotopic (exact) mass is 192 g/mol. The number of methoxy groups -OCH3 is 2. The Balaban J connectivity index is -0.000000125. The standard InChI is InChI=1S/C4H8O2.C3H8O.C3H8/c1-4(5)3-6-2;1-3-4-2;1-3-2/h3H2,1-2H3;3H2,1-2H3;3H2,1-2H3. The summed E-state index contributed by atoms with van der Waals surface area (Å²) in [6.07, 6.45) is 1.25. The van der Waals surface area contributed by atoms with E-state index in [9.17, 15) is 4.79 Å². The molecule has 0 amide bonds. The van der Waals surface area contributed by atoms with Crippen LogP contribution in [0.4, 0.5) is 0 Å². The van der Waals surface area contributed by atoms with Crippen molar-refractivity contribution in [2.24, 2.45) is 0 Å². The van der Waals surface area contributed by atoms with E-state index in [2.05, 4.69) is 23.3 Å². The van der Waals surface area contributed by atoms with Crippen molar-refractivity contribution in [3.8, 4) is 0 Å². The quantitative estimate of drug-likeness (QED) is 0.688. The van der Waals surface area contributed by atoms with Gasteiger partial charge in [-0.1, -0.05) is 20.3 Å². The van der Waals surface area contributed by atoms with Gasteiger partial charge in [0.2, 0.25) is 0 Å². The molecule has 0 saturated carbocycles. The first-order valence-corrected chi connectivity index (χ1v) is 4.57. The number of carbonyl (C=O) groups is 1. The minimum Gasteiger partial charge on any atom is -0.385 e. The Morgan fingerprint density at radius 1 is 1.08 bits per heavy atom. The summed E-state index contributed by atoms with van der Waals surface area (Å²) in [7, 11) is 3.18. The highest BCUT2D eigenvalue weighted by atomic mass is 16.5. The lowest BCUT2D eigenvalue weighted by Gasteiger charge is -1.84. The van der Waals surface area contributed by atoms with Crippen LogP contribution in [0.1, 0.15) is 34.1 Å². The highest BCUT2D eigenvalue weighted by Crippen LogP contribution is 1.66. The van der Waals surface area contributed by atoms with Gasteiger partial charge >= 0.3 is 0 Å². The number of ketones is 1. The number of ether oxygens (including phenoxy) is 2. The predicted molar refractivity (Wildman–Crippen MR) is 56.1 cm³/mol. The van der Waals surface area contributed by atoms with Gasteiger partial charge in [-0.05, 0) is 13.8 Å². The van der Waals surface area contributed by atoms with Gasteiger partial charge in [-0.2, -0.15) is 0 Å². The molecule has 3 heteroatoms. The second-order valence-electron chi connectivity index (χ2n) is 2.42. The molecule has 3 nitrogen and oxygen atoms in total. The molecule has 0 spiro atoms. The lowest BCUT2D eigenvalue weighted by molar-refractivity contribution is -0.120.